The van der Waals surface area contributed by atoms with Gasteiger partial charge in [-0.3, -0.25) is 19.8 Å². The number of thiophene rings is 1. The number of carboxylic acids is 1. The molecule has 2 atom stereocenters. The monoisotopic (exact) mass is 568 g/mol. The number of amides is 3. The molecule has 2 aliphatic heterocycles. The summed E-state index contributed by atoms with van der Waals surface area (Å²) in [7, 11) is 0. The van der Waals surface area contributed by atoms with Crippen LogP contribution in [0.2, 0.25) is 4.34 Å². The van der Waals surface area contributed by atoms with Gasteiger partial charge < -0.3 is 29.2 Å². The van der Waals surface area contributed by atoms with Crippen LogP contribution in [-0.2, 0) is 23.9 Å². The molecule has 4 rings (SSSR count). The molecule has 0 spiro atoms. The first-order chi connectivity index (χ1) is 18.2. The highest BCUT2D eigenvalue weighted by Gasteiger charge is 2.39. The Morgan fingerprint density at radius 3 is 2.71 bits per heavy atom. The summed E-state index contributed by atoms with van der Waals surface area (Å²) in [6.45, 7) is -0.474. The van der Waals surface area contributed by atoms with Crippen molar-refractivity contribution in [3.63, 3.8) is 0 Å². The van der Waals surface area contributed by atoms with E-state index in [0.717, 1.165) is 27.2 Å². The second kappa shape index (κ2) is 11.9. The van der Waals surface area contributed by atoms with E-state index in [1.165, 1.54) is 29.2 Å². The lowest BCUT2D eigenvalue weighted by atomic mass is 10.2. The van der Waals surface area contributed by atoms with Crippen LogP contribution in [0.4, 0.5) is 20.6 Å². The van der Waals surface area contributed by atoms with Crippen molar-refractivity contribution in [3.05, 3.63) is 45.4 Å². The van der Waals surface area contributed by atoms with Gasteiger partial charge in [-0.05, 0) is 30.3 Å². The number of benzene rings is 1. The Hall–Kier alpha value is -3.59. The quantitative estimate of drug-likeness (QED) is 0.322. The normalized spacial score (nSPS) is 18.3. The number of hydrogen-bond acceptors (Lipinski definition) is 9. The topological polar surface area (TPSA) is 146 Å². The van der Waals surface area contributed by atoms with E-state index >= 15 is 4.39 Å². The van der Waals surface area contributed by atoms with Crippen molar-refractivity contribution in [1.82, 2.24) is 10.2 Å². The zero-order valence-electron chi connectivity index (χ0n) is 19.7. The highest BCUT2D eigenvalue weighted by Crippen LogP contribution is 2.30. The number of anilines is 2. The molecule has 2 fully saturated rings. The fraction of sp³-hybridized carbons (Fsp3) is 0.348. The molecule has 15 heteroatoms. The van der Waals surface area contributed by atoms with Gasteiger partial charge in [-0.15, -0.1) is 11.3 Å². The summed E-state index contributed by atoms with van der Waals surface area (Å²) in [5.41, 5.74) is 0.194. The maximum atomic E-state index is 15.1. The summed E-state index contributed by atoms with van der Waals surface area (Å²) < 4.78 is 25.8. The Labute approximate surface area is 224 Å². The summed E-state index contributed by atoms with van der Waals surface area (Å²) in [4.78, 5) is 64.1. The van der Waals surface area contributed by atoms with Crippen molar-refractivity contribution in [2.75, 3.05) is 49.2 Å². The third-order valence-corrected chi connectivity index (χ3v) is 7.00. The molecular weight excluding hydrogens is 547 g/mol. The first-order valence-electron chi connectivity index (χ1n) is 11.3. The number of carbonyl (C=O) groups excluding carboxylic acids is 4. The number of cyclic esters (lactones) is 1. The van der Waals surface area contributed by atoms with Crippen LogP contribution in [-0.4, -0.2) is 91.8 Å². The molecule has 1 unspecified atom stereocenters. The summed E-state index contributed by atoms with van der Waals surface area (Å²) in [6.07, 6.45) is -3.11. The lowest BCUT2D eigenvalue weighted by Gasteiger charge is -2.30. The summed E-state index contributed by atoms with van der Waals surface area (Å²) in [6, 6.07) is 6.84. The van der Waals surface area contributed by atoms with Crippen LogP contribution in [0.1, 0.15) is 9.67 Å². The summed E-state index contributed by atoms with van der Waals surface area (Å²) in [5.74, 6) is -3.26. The van der Waals surface area contributed by atoms with Gasteiger partial charge >= 0.3 is 12.1 Å². The molecule has 0 aliphatic carbocycles. The van der Waals surface area contributed by atoms with Gasteiger partial charge in [0.05, 0.1) is 41.1 Å². The molecule has 0 bridgehead atoms. The maximum Gasteiger partial charge on any atom is 0.414 e. The molecule has 0 saturated carbocycles. The Kier molecular flexibility index (Phi) is 8.56. The summed E-state index contributed by atoms with van der Waals surface area (Å²) in [5, 5.41) is 12.2. The van der Waals surface area contributed by atoms with E-state index < -0.39 is 36.1 Å². The van der Waals surface area contributed by atoms with Crippen molar-refractivity contribution < 1.29 is 42.9 Å². The molecule has 2 aromatic rings. The first kappa shape index (κ1) is 27.4. The molecule has 2 N–H and O–H groups in total. The highest BCUT2D eigenvalue weighted by molar-refractivity contribution is 7.18. The fourth-order valence-corrected chi connectivity index (χ4v) is 5.07. The van der Waals surface area contributed by atoms with Crippen LogP contribution in [0.5, 0.6) is 0 Å². The van der Waals surface area contributed by atoms with E-state index in [4.69, 9.17) is 21.1 Å². The van der Waals surface area contributed by atoms with Gasteiger partial charge in [-0.25, -0.2) is 14.0 Å². The Morgan fingerprint density at radius 1 is 1.29 bits per heavy atom. The van der Waals surface area contributed by atoms with Crippen molar-refractivity contribution in [2.45, 2.75) is 12.3 Å². The number of rotatable bonds is 10. The molecule has 38 heavy (non-hydrogen) atoms. The Bertz CT molecular complexity index is 1260. The average molecular weight is 569 g/mol. The SMILES string of the molecule is O=CCNC(C(=O)O)N(C[C@H]1CN(c2ccc(N3CCOCC3=O)cc2F)C(=O)O1)C(=O)c1ccc(Cl)s1. The average Bonchev–Trinajstić information content (AvgIpc) is 3.48. The summed E-state index contributed by atoms with van der Waals surface area (Å²) >= 11 is 6.85. The standard InChI is InChI=1S/C23H22ClFN4O8S/c24-18-4-3-17(38-18)21(32)29(20(22(33)34)26-5-7-30)11-14-10-28(23(35)37-14)16-2-1-13(9-15(16)25)27-6-8-36-12-19(27)31/h1-4,7,9,14,20,26H,5-6,8,10-12H2,(H,33,34)/t14-,20?/m1/s1. The van der Waals surface area contributed by atoms with Gasteiger partial charge in [-0.1, -0.05) is 11.6 Å². The van der Waals surface area contributed by atoms with E-state index in [-0.39, 0.29) is 49.3 Å². The van der Waals surface area contributed by atoms with Crippen LogP contribution in [0.15, 0.2) is 30.3 Å². The van der Waals surface area contributed by atoms with Crippen LogP contribution in [0, 0.1) is 5.82 Å². The van der Waals surface area contributed by atoms with Crippen molar-refractivity contribution in [3.8, 4) is 0 Å². The molecule has 2 aliphatic rings. The molecule has 3 amide bonds. The predicted octanol–water partition coefficient (Wildman–Crippen LogP) is 1.57. The number of carbonyl (C=O) groups is 5. The van der Waals surface area contributed by atoms with Gasteiger partial charge in [0.2, 0.25) is 0 Å². The minimum atomic E-state index is -1.62. The largest absolute Gasteiger partial charge is 0.479 e. The van der Waals surface area contributed by atoms with Gasteiger partial charge in [0.1, 0.15) is 24.8 Å². The van der Waals surface area contributed by atoms with E-state index in [1.807, 2.05) is 0 Å². The molecule has 12 nitrogen and oxygen atoms in total. The lowest BCUT2D eigenvalue weighted by molar-refractivity contribution is -0.144. The van der Waals surface area contributed by atoms with E-state index in [1.54, 1.807) is 0 Å². The maximum absolute atomic E-state index is 15.1. The van der Waals surface area contributed by atoms with Gasteiger partial charge in [-0.2, -0.15) is 0 Å². The number of ether oxygens (including phenoxy) is 2. The Morgan fingerprint density at radius 2 is 2.08 bits per heavy atom. The molecule has 1 aromatic carbocycles. The zero-order valence-corrected chi connectivity index (χ0v) is 21.2. The number of aldehydes is 1. The van der Waals surface area contributed by atoms with Crippen LogP contribution < -0.4 is 15.1 Å². The van der Waals surface area contributed by atoms with Crippen molar-refractivity contribution in [1.29, 1.82) is 0 Å². The number of aliphatic carboxylic acids is 1. The number of hydrogen-bond donors (Lipinski definition) is 2. The van der Waals surface area contributed by atoms with E-state index in [0.29, 0.717) is 22.9 Å². The predicted molar refractivity (Wildman–Crippen MR) is 133 cm³/mol. The number of nitrogens with one attached hydrogen (secondary N) is 1. The number of carboxylic acid groups (broad SMARTS) is 1. The first-order valence-corrected chi connectivity index (χ1v) is 12.5. The number of nitrogens with zero attached hydrogens (tertiary/aromatic N) is 3. The van der Waals surface area contributed by atoms with Crippen molar-refractivity contribution in [2.24, 2.45) is 0 Å². The van der Waals surface area contributed by atoms with Crippen LogP contribution in [0.25, 0.3) is 0 Å². The molecule has 2 saturated heterocycles. The molecule has 1 aromatic heterocycles. The van der Waals surface area contributed by atoms with Gasteiger partial charge in [0, 0.05) is 12.2 Å². The number of halogens is 2. The third-order valence-electron chi connectivity index (χ3n) is 5.78. The fourth-order valence-electron chi connectivity index (χ4n) is 4.07. The van der Waals surface area contributed by atoms with E-state index in [9.17, 15) is 29.1 Å². The molecular formula is C23H22ClFN4O8S. The smallest absolute Gasteiger partial charge is 0.414 e. The second-order valence-electron chi connectivity index (χ2n) is 8.23. The molecule has 202 valence electrons. The third kappa shape index (κ3) is 5.93. The van der Waals surface area contributed by atoms with Gasteiger partial charge in [0.15, 0.2) is 6.17 Å². The van der Waals surface area contributed by atoms with Crippen LogP contribution >= 0.6 is 22.9 Å². The second-order valence-corrected chi connectivity index (χ2v) is 9.94. The van der Waals surface area contributed by atoms with Crippen LogP contribution in [0.3, 0.4) is 0 Å². The lowest BCUT2D eigenvalue weighted by Crippen LogP contribution is -2.56. The minimum absolute atomic E-state index is 0.112. The Balaban J connectivity index is 1.54. The minimum Gasteiger partial charge on any atom is -0.479 e. The number of morpholine rings is 1. The highest BCUT2D eigenvalue weighted by atomic mass is 35.5. The molecule has 3 heterocycles. The van der Waals surface area contributed by atoms with Gasteiger partial charge in [0.25, 0.3) is 11.8 Å². The van der Waals surface area contributed by atoms with Crippen molar-refractivity contribution >= 4 is 64.5 Å². The zero-order chi connectivity index (χ0) is 27.4. The molecule has 0 radical (unpaired) electrons. The van der Waals surface area contributed by atoms with E-state index in [2.05, 4.69) is 5.32 Å².